The number of carbonyl (C=O) groups is 2. The van der Waals surface area contributed by atoms with Crippen LogP contribution >= 0.6 is 11.6 Å². The van der Waals surface area contributed by atoms with Crippen molar-refractivity contribution in [3.8, 4) is 17.2 Å². The van der Waals surface area contributed by atoms with Crippen molar-refractivity contribution in [3.05, 3.63) is 95.0 Å². The Kier molecular flexibility index (Phi) is 8.15. The quantitative estimate of drug-likeness (QED) is 0.283. The van der Waals surface area contributed by atoms with Crippen molar-refractivity contribution in [1.29, 1.82) is 0 Å². The Bertz CT molecular complexity index is 1430. The Morgan fingerprint density at radius 2 is 1.49 bits per heavy atom. The average molecular weight is 519 g/mol. The normalized spacial score (nSPS) is 11.5. The maximum atomic E-state index is 13.4. The fourth-order valence-electron chi connectivity index (χ4n) is 3.92. The van der Waals surface area contributed by atoms with Gasteiger partial charge in [0.05, 0.1) is 36.5 Å². The van der Waals surface area contributed by atoms with Gasteiger partial charge in [-0.3, -0.25) is 9.59 Å². The van der Waals surface area contributed by atoms with E-state index in [4.69, 9.17) is 25.8 Å². The van der Waals surface area contributed by atoms with E-state index in [1.165, 1.54) is 14.2 Å². The average Bonchev–Trinajstić information content (AvgIpc) is 2.92. The number of rotatable bonds is 9. The Hall–Kier alpha value is -4.23. The lowest BCUT2D eigenvalue weighted by molar-refractivity contribution is -0.123. The van der Waals surface area contributed by atoms with Gasteiger partial charge in [-0.25, -0.2) is 0 Å². The molecule has 0 aliphatic carbocycles. The number of nitrogens with one attached hydrogen (secondary N) is 2. The number of amides is 2. The fourth-order valence-corrected chi connectivity index (χ4v) is 4.16. The van der Waals surface area contributed by atoms with E-state index in [2.05, 4.69) is 10.6 Å². The molecule has 37 heavy (non-hydrogen) atoms. The Balaban J connectivity index is 1.57. The zero-order chi connectivity index (χ0) is 26.4. The number of hydrogen-bond acceptors (Lipinski definition) is 5. The number of anilines is 1. The molecule has 4 rings (SSSR count). The standard InChI is InChI=1S/C29H27ClN2O5/c1-18(19-9-5-4-6-10-19)31-28(33)17-37-25-14-21-12-8-7-11-20(21)13-22(25)29(34)32-24-15-23(30)26(35-2)16-27(24)36-3/h4-16,18H,17H2,1-3H3,(H,31,33)(H,32,34)/t18-/m0/s1. The third kappa shape index (κ3) is 6.13. The van der Waals surface area contributed by atoms with Gasteiger partial charge in [0.25, 0.3) is 11.8 Å². The lowest BCUT2D eigenvalue weighted by Crippen LogP contribution is -2.31. The molecule has 0 spiro atoms. The molecule has 0 unspecified atom stereocenters. The zero-order valence-electron chi connectivity index (χ0n) is 20.7. The third-order valence-corrected chi connectivity index (χ3v) is 6.15. The molecule has 7 nitrogen and oxygen atoms in total. The molecule has 0 fully saturated rings. The van der Waals surface area contributed by atoms with Gasteiger partial charge in [0.2, 0.25) is 0 Å². The van der Waals surface area contributed by atoms with Gasteiger partial charge in [-0.2, -0.15) is 0 Å². The van der Waals surface area contributed by atoms with Crippen LogP contribution in [0.2, 0.25) is 5.02 Å². The van der Waals surface area contributed by atoms with Crippen molar-refractivity contribution in [2.45, 2.75) is 13.0 Å². The Morgan fingerprint density at radius 3 is 2.16 bits per heavy atom. The summed E-state index contributed by atoms with van der Waals surface area (Å²) in [5, 5.41) is 7.79. The van der Waals surface area contributed by atoms with Gasteiger partial charge in [0.1, 0.15) is 17.2 Å². The van der Waals surface area contributed by atoms with E-state index in [1.807, 2.05) is 61.5 Å². The number of hydrogen-bond donors (Lipinski definition) is 2. The highest BCUT2D eigenvalue weighted by Gasteiger charge is 2.19. The maximum Gasteiger partial charge on any atom is 0.259 e. The topological polar surface area (TPSA) is 85.9 Å². The second-order valence-corrected chi connectivity index (χ2v) is 8.73. The highest BCUT2D eigenvalue weighted by atomic mass is 35.5. The van der Waals surface area contributed by atoms with Crippen LogP contribution in [0.1, 0.15) is 28.9 Å². The van der Waals surface area contributed by atoms with E-state index in [9.17, 15) is 9.59 Å². The predicted octanol–water partition coefficient (Wildman–Crippen LogP) is 6.02. The zero-order valence-corrected chi connectivity index (χ0v) is 21.5. The minimum atomic E-state index is -0.446. The molecule has 0 heterocycles. The minimum absolute atomic E-state index is 0.191. The SMILES string of the molecule is COc1cc(OC)c(NC(=O)c2cc3ccccc3cc2OCC(=O)N[C@@H](C)c2ccccc2)cc1Cl. The lowest BCUT2D eigenvalue weighted by atomic mass is 10.0. The first-order valence-corrected chi connectivity index (χ1v) is 12.0. The second-order valence-electron chi connectivity index (χ2n) is 8.33. The summed E-state index contributed by atoms with van der Waals surface area (Å²) in [6, 6.07) is 23.6. The number of carbonyl (C=O) groups excluding carboxylic acids is 2. The number of halogens is 1. The summed E-state index contributed by atoms with van der Waals surface area (Å²) in [4.78, 5) is 26.0. The monoisotopic (exact) mass is 518 g/mol. The number of fused-ring (bicyclic) bond motifs is 1. The van der Waals surface area contributed by atoms with E-state index < -0.39 is 5.91 Å². The first-order valence-electron chi connectivity index (χ1n) is 11.6. The van der Waals surface area contributed by atoms with Crippen LogP contribution in [0.25, 0.3) is 10.8 Å². The van der Waals surface area contributed by atoms with Gasteiger partial charge in [-0.15, -0.1) is 0 Å². The highest BCUT2D eigenvalue weighted by molar-refractivity contribution is 6.32. The van der Waals surface area contributed by atoms with Crippen molar-refractivity contribution >= 4 is 39.9 Å². The van der Waals surface area contributed by atoms with Crippen LogP contribution in [-0.2, 0) is 4.79 Å². The molecule has 1 atom stereocenters. The molecule has 0 bridgehead atoms. The van der Waals surface area contributed by atoms with Crippen LogP contribution in [0.4, 0.5) is 5.69 Å². The smallest absolute Gasteiger partial charge is 0.259 e. The van der Waals surface area contributed by atoms with Gasteiger partial charge in [-0.1, -0.05) is 66.2 Å². The van der Waals surface area contributed by atoms with Crippen molar-refractivity contribution in [1.82, 2.24) is 5.32 Å². The van der Waals surface area contributed by atoms with E-state index in [0.29, 0.717) is 22.2 Å². The summed E-state index contributed by atoms with van der Waals surface area (Å²) >= 11 is 6.27. The molecule has 0 saturated carbocycles. The molecule has 2 amide bonds. The first kappa shape index (κ1) is 25.9. The summed E-state index contributed by atoms with van der Waals surface area (Å²) in [7, 11) is 2.98. The van der Waals surface area contributed by atoms with Crippen molar-refractivity contribution in [2.75, 3.05) is 26.1 Å². The number of benzene rings is 4. The van der Waals surface area contributed by atoms with Gasteiger partial charge < -0.3 is 24.8 Å². The van der Waals surface area contributed by atoms with E-state index in [1.54, 1.807) is 24.3 Å². The molecular formula is C29H27ClN2O5. The third-order valence-electron chi connectivity index (χ3n) is 5.85. The number of ether oxygens (including phenoxy) is 3. The largest absolute Gasteiger partial charge is 0.495 e. The van der Waals surface area contributed by atoms with E-state index >= 15 is 0 Å². The van der Waals surface area contributed by atoms with Gasteiger partial charge in [0.15, 0.2) is 6.61 Å². The summed E-state index contributed by atoms with van der Waals surface area (Å²) in [6.07, 6.45) is 0. The molecule has 0 aliphatic rings. The Labute approximate surface area is 220 Å². The molecule has 0 saturated heterocycles. The van der Waals surface area contributed by atoms with Crippen LogP contribution in [0, 0.1) is 0 Å². The van der Waals surface area contributed by atoms with E-state index in [0.717, 1.165) is 16.3 Å². The molecule has 2 N–H and O–H groups in total. The van der Waals surface area contributed by atoms with Gasteiger partial charge in [-0.05, 0) is 41.5 Å². The second kappa shape index (κ2) is 11.7. The van der Waals surface area contributed by atoms with Crippen LogP contribution in [-0.4, -0.2) is 32.6 Å². The predicted molar refractivity (Wildman–Crippen MR) is 145 cm³/mol. The molecule has 0 aromatic heterocycles. The van der Waals surface area contributed by atoms with Crippen LogP contribution in [0.3, 0.4) is 0 Å². The van der Waals surface area contributed by atoms with Crippen molar-refractivity contribution in [2.24, 2.45) is 0 Å². The minimum Gasteiger partial charge on any atom is -0.495 e. The highest BCUT2D eigenvalue weighted by Crippen LogP contribution is 2.36. The molecular weight excluding hydrogens is 492 g/mol. The van der Waals surface area contributed by atoms with Crippen molar-refractivity contribution < 1.29 is 23.8 Å². The van der Waals surface area contributed by atoms with Crippen LogP contribution in [0.5, 0.6) is 17.2 Å². The van der Waals surface area contributed by atoms with Crippen LogP contribution in [0.15, 0.2) is 78.9 Å². The van der Waals surface area contributed by atoms with E-state index in [-0.39, 0.29) is 29.9 Å². The fraction of sp³-hybridized carbons (Fsp3) is 0.172. The molecule has 0 aliphatic heterocycles. The van der Waals surface area contributed by atoms with Gasteiger partial charge in [0, 0.05) is 6.07 Å². The first-order chi connectivity index (χ1) is 17.9. The maximum absolute atomic E-state index is 13.4. The van der Waals surface area contributed by atoms with Crippen molar-refractivity contribution in [3.63, 3.8) is 0 Å². The Morgan fingerprint density at radius 1 is 0.838 bits per heavy atom. The molecule has 4 aromatic rings. The summed E-state index contributed by atoms with van der Waals surface area (Å²) in [6.45, 7) is 1.64. The molecule has 8 heteroatoms. The van der Waals surface area contributed by atoms with Gasteiger partial charge >= 0.3 is 0 Å². The lowest BCUT2D eigenvalue weighted by Gasteiger charge is -2.17. The summed E-state index contributed by atoms with van der Waals surface area (Å²) in [5.41, 5.74) is 1.61. The summed E-state index contributed by atoms with van der Waals surface area (Å²) < 4.78 is 16.5. The summed E-state index contributed by atoms with van der Waals surface area (Å²) in [5.74, 6) is 0.323. The molecule has 190 valence electrons. The molecule has 0 radical (unpaired) electrons. The molecule has 4 aromatic carbocycles. The number of methoxy groups -OCH3 is 2. The van der Waals surface area contributed by atoms with Crippen LogP contribution < -0.4 is 24.8 Å².